The maximum Gasteiger partial charge on any atom is 0.387 e. The third kappa shape index (κ3) is 4.78. The molecule has 0 aromatic heterocycles. The number of hydrogen-bond donors (Lipinski definition) is 2. The number of rotatable bonds is 6. The normalized spacial score (nSPS) is 12.5. The van der Waals surface area contributed by atoms with E-state index >= 15 is 0 Å². The van der Waals surface area contributed by atoms with Gasteiger partial charge >= 0.3 is 6.61 Å². The summed E-state index contributed by atoms with van der Waals surface area (Å²) in [4.78, 5) is 10.6. The lowest BCUT2D eigenvalue weighted by Gasteiger charge is -2.13. The predicted octanol–water partition coefficient (Wildman–Crippen LogP) is 1.42. The van der Waals surface area contributed by atoms with Gasteiger partial charge in [-0.2, -0.15) is 8.78 Å². The molecule has 4 nitrogen and oxygen atoms in total. The summed E-state index contributed by atoms with van der Waals surface area (Å²) in [5.41, 5.74) is 5.85. The lowest BCUT2D eigenvalue weighted by Crippen LogP contribution is -2.30. The molecular formula is C11H14F2N2O2. The topological polar surface area (TPSA) is 64.3 Å². The van der Waals surface area contributed by atoms with Crippen LogP contribution in [0, 0.1) is 0 Å². The van der Waals surface area contributed by atoms with Crippen LogP contribution in [0.1, 0.15) is 18.5 Å². The highest BCUT2D eigenvalue weighted by Crippen LogP contribution is 2.18. The molecule has 6 heteroatoms. The first-order valence-corrected chi connectivity index (χ1v) is 5.05. The number of carbonyl (C=O) groups is 1. The molecule has 17 heavy (non-hydrogen) atoms. The lowest BCUT2D eigenvalue weighted by atomic mass is 10.1. The fourth-order valence-corrected chi connectivity index (χ4v) is 1.31. The highest BCUT2D eigenvalue weighted by molar-refractivity contribution is 5.75. The number of amides is 1. The molecule has 1 aromatic carbocycles. The van der Waals surface area contributed by atoms with Gasteiger partial charge in [-0.1, -0.05) is 12.1 Å². The second kappa shape index (κ2) is 6.15. The van der Waals surface area contributed by atoms with Crippen molar-refractivity contribution in [3.8, 4) is 5.75 Å². The van der Waals surface area contributed by atoms with Crippen LogP contribution in [0.5, 0.6) is 5.75 Å². The van der Waals surface area contributed by atoms with E-state index < -0.39 is 12.5 Å². The number of carbonyl (C=O) groups excluding carboxylic acids is 1. The van der Waals surface area contributed by atoms with Crippen molar-refractivity contribution < 1.29 is 18.3 Å². The number of ether oxygens (including phenoxy) is 1. The van der Waals surface area contributed by atoms with Gasteiger partial charge in [0.2, 0.25) is 5.91 Å². The van der Waals surface area contributed by atoms with Crippen LogP contribution in [-0.4, -0.2) is 19.1 Å². The number of halogens is 2. The van der Waals surface area contributed by atoms with E-state index in [1.54, 1.807) is 12.1 Å². The highest BCUT2D eigenvalue weighted by Gasteiger charge is 2.07. The van der Waals surface area contributed by atoms with Gasteiger partial charge in [0.15, 0.2) is 0 Å². The molecule has 0 aliphatic rings. The fraction of sp³-hybridized carbons (Fsp3) is 0.364. The van der Waals surface area contributed by atoms with Crippen molar-refractivity contribution >= 4 is 5.91 Å². The molecule has 0 fully saturated rings. The van der Waals surface area contributed by atoms with Gasteiger partial charge in [-0.15, -0.1) is 0 Å². The third-order valence-electron chi connectivity index (χ3n) is 2.19. The van der Waals surface area contributed by atoms with Crippen LogP contribution in [0.25, 0.3) is 0 Å². The fourth-order valence-electron chi connectivity index (χ4n) is 1.31. The van der Waals surface area contributed by atoms with E-state index in [2.05, 4.69) is 10.1 Å². The van der Waals surface area contributed by atoms with Gasteiger partial charge in [0, 0.05) is 6.04 Å². The Hall–Kier alpha value is -1.69. The maximum atomic E-state index is 11.9. The number of benzene rings is 1. The summed E-state index contributed by atoms with van der Waals surface area (Å²) in [7, 11) is 0. The van der Waals surface area contributed by atoms with Crippen LogP contribution >= 0.6 is 0 Å². The maximum absolute atomic E-state index is 11.9. The van der Waals surface area contributed by atoms with E-state index in [-0.39, 0.29) is 18.3 Å². The molecule has 1 atom stereocenters. The van der Waals surface area contributed by atoms with Crippen LogP contribution < -0.4 is 15.8 Å². The molecule has 0 bridgehead atoms. The second-order valence-electron chi connectivity index (χ2n) is 3.52. The zero-order valence-electron chi connectivity index (χ0n) is 9.32. The number of primary amides is 1. The van der Waals surface area contributed by atoms with Gasteiger partial charge < -0.3 is 15.8 Å². The zero-order chi connectivity index (χ0) is 12.8. The summed E-state index contributed by atoms with van der Waals surface area (Å²) in [6.45, 7) is -0.922. The first-order valence-electron chi connectivity index (χ1n) is 5.05. The third-order valence-corrected chi connectivity index (χ3v) is 2.19. The van der Waals surface area contributed by atoms with E-state index in [0.717, 1.165) is 5.56 Å². The average molecular weight is 244 g/mol. The van der Waals surface area contributed by atoms with Crippen molar-refractivity contribution in [2.24, 2.45) is 5.73 Å². The van der Waals surface area contributed by atoms with Crippen LogP contribution in [0.4, 0.5) is 8.78 Å². The number of nitrogens with two attached hydrogens (primary N) is 1. The van der Waals surface area contributed by atoms with Crippen LogP contribution in [-0.2, 0) is 4.79 Å². The van der Waals surface area contributed by atoms with Crippen molar-refractivity contribution in [1.82, 2.24) is 5.32 Å². The Balaban J connectivity index is 2.57. The molecule has 1 aromatic rings. The summed E-state index contributed by atoms with van der Waals surface area (Å²) in [6.07, 6.45) is 0. The SMILES string of the molecule is CC(NCC(N)=O)c1ccc(OC(F)F)cc1. The molecule has 1 rings (SSSR count). The Kier molecular flexibility index (Phi) is 4.84. The molecule has 0 heterocycles. The van der Waals surface area contributed by atoms with E-state index in [0.29, 0.717) is 0 Å². The quantitative estimate of drug-likeness (QED) is 0.795. The highest BCUT2D eigenvalue weighted by atomic mass is 19.3. The molecule has 0 saturated carbocycles. The van der Waals surface area contributed by atoms with E-state index in [1.807, 2.05) is 6.92 Å². The zero-order valence-corrected chi connectivity index (χ0v) is 9.32. The number of hydrogen-bond acceptors (Lipinski definition) is 3. The number of nitrogens with one attached hydrogen (secondary N) is 1. The first kappa shape index (κ1) is 13.4. The molecule has 94 valence electrons. The monoisotopic (exact) mass is 244 g/mol. The van der Waals surface area contributed by atoms with E-state index in [9.17, 15) is 13.6 Å². The molecule has 1 amide bonds. The Morgan fingerprint density at radius 2 is 2.00 bits per heavy atom. The molecule has 0 spiro atoms. The predicted molar refractivity (Wildman–Crippen MR) is 58.7 cm³/mol. The molecule has 0 radical (unpaired) electrons. The van der Waals surface area contributed by atoms with Gasteiger partial charge in [-0.25, -0.2) is 0 Å². The van der Waals surface area contributed by atoms with Gasteiger partial charge in [-0.3, -0.25) is 4.79 Å². The van der Waals surface area contributed by atoms with Gasteiger partial charge in [0.25, 0.3) is 0 Å². The molecule has 1 unspecified atom stereocenters. The molecule has 3 N–H and O–H groups in total. The van der Waals surface area contributed by atoms with Gasteiger partial charge in [-0.05, 0) is 24.6 Å². The van der Waals surface area contributed by atoms with Crippen LogP contribution in [0.3, 0.4) is 0 Å². The molecular weight excluding hydrogens is 230 g/mol. The lowest BCUT2D eigenvalue weighted by molar-refractivity contribution is -0.117. The Morgan fingerprint density at radius 1 is 1.41 bits per heavy atom. The Bertz CT molecular complexity index is 368. The first-order chi connectivity index (χ1) is 7.99. The van der Waals surface area contributed by atoms with Gasteiger partial charge in [0.1, 0.15) is 5.75 Å². The second-order valence-corrected chi connectivity index (χ2v) is 3.52. The van der Waals surface area contributed by atoms with Crippen LogP contribution in [0.15, 0.2) is 24.3 Å². The van der Waals surface area contributed by atoms with Crippen LogP contribution in [0.2, 0.25) is 0 Å². The summed E-state index contributed by atoms with van der Waals surface area (Å²) < 4.78 is 28.0. The van der Waals surface area contributed by atoms with Gasteiger partial charge in [0.05, 0.1) is 6.54 Å². The van der Waals surface area contributed by atoms with Crippen molar-refractivity contribution in [2.45, 2.75) is 19.6 Å². The molecule has 0 saturated heterocycles. The Labute approximate surface area is 97.8 Å². The smallest absolute Gasteiger partial charge is 0.387 e. The van der Waals surface area contributed by atoms with Crippen molar-refractivity contribution in [2.75, 3.05) is 6.54 Å². The summed E-state index contributed by atoms with van der Waals surface area (Å²) >= 11 is 0. The largest absolute Gasteiger partial charge is 0.435 e. The average Bonchev–Trinajstić information content (AvgIpc) is 2.26. The van der Waals surface area contributed by atoms with Crippen molar-refractivity contribution in [1.29, 1.82) is 0 Å². The standard InChI is InChI=1S/C11H14F2N2O2/c1-7(15-6-10(14)16)8-2-4-9(5-3-8)17-11(12)13/h2-5,7,11,15H,6H2,1H3,(H2,14,16). The van der Waals surface area contributed by atoms with E-state index in [1.165, 1.54) is 12.1 Å². The van der Waals surface area contributed by atoms with Crippen molar-refractivity contribution in [3.63, 3.8) is 0 Å². The van der Waals surface area contributed by atoms with E-state index in [4.69, 9.17) is 5.73 Å². The molecule has 0 aliphatic carbocycles. The minimum atomic E-state index is -2.83. The summed E-state index contributed by atoms with van der Waals surface area (Å²) in [6, 6.07) is 6.10. The summed E-state index contributed by atoms with van der Waals surface area (Å²) in [5.74, 6) is -0.347. The minimum absolute atomic E-state index is 0.0659. The van der Waals surface area contributed by atoms with Crippen molar-refractivity contribution in [3.05, 3.63) is 29.8 Å². The summed E-state index contributed by atoms with van der Waals surface area (Å²) in [5, 5.41) is 2.90. The minimum Gasteiger partial charge on any atom is -0.435 e. The Morgan fingerprint density at radius 3 is 2.47 bits per heavy atom. The molecule has 0 aliphatic heterocycles. The number of alkyl halides is 2.